The van der Waals surface area contributed by atoms with Crippen LogP contribution in [-0.4, -0.2) is 34.7 Å². The number of nitrogens with one attached hydrogen (secondary N) is 2. The SMILES string of the molecule is COc1ccc(CNc2nc(SCc3ccc(C(=O)Nc4ccc(F)cc4N)cc3)nn3cccc23)c(OC)c1. The topological polar surface area (TPSA) is 116 Å². The number of rotatable bonds is 10. The molecule has 0 atom stereocenters. The highest BCUT2D eigenvalue weighted by atomic mass is 32.2. The van der Waals surface area contributed by atoms with E-state index in [2.05, 4.69) is 15.7 Å². The van der Waals surface area contributed by atoms with Crippen molar-refractivity contribution in [3.05, 3.63) is 102 Å². The second-order valence-corrected chi connectivity index (χ2v) is 9.73. The summed E-state index contributed by atoms with van der Waals surface area (Å²) < 4.78 is 25.9. The number of carbonyl (C=O) groups is 1. The van der Waals surface area contributed by atoms with Crippen LogP contribution in [0.5, 0.6) is 11.5 Å². The Morgan fingerprint density at radius 1 is 1.05 bits per heavy atom. The Labute approximate surface area is 234 Å². The zero-order valence-electron chi connectivity index (χ0n) is 21.8. The van der Waals surface area contributed by atoms with Gasteiger partial charge in [-0.05, 0) is 60.2 Å². The molecule has 0 aliphatic rings. The molecule has 40 heavy (non-hydrogen) atoms. The van der Waals surface area contributed by atoms with E-state index in [0.717, 1.165) is 28.1 Å². The van der Waals surface area contributed by atoms with Gasteiger partial charge in [-0.15, -0.1) is 5.10 Å². The van der Waals surface area contributed by atoms with Gasteiger partial charge in [0.25, 0.3) is 5.91 Å². The molecule has 1 amide bonds. The summed E-state index contributed by atoms with van der Waals surface area (Å²) in [7, 11) is 3.25. The molecule has 3 aromatic carbocycles. The quantitative estimate of drug-likeness (QED) is 0.149. The van der Waals surface area contributed by atoms with E-state index in [9.17, 15) is 9.18 Å². The number of methoxy groups -OCH3 is 2. The molecule has 9 nitrogen and oxygen atoms in total. The average Bonchev–Trinajstić information content (AvgIpc) is 3.45. The number of nitrogens with two attached hydrogens (primary N) is 1. The molecular weight excluding hydrogens is 531 g/mol. The summed E-state index contributed by atoms with van der Waals surface area (Å²) in [5, 5.41) is 11.3. The van der Waals surface area contributed by atoms with E-state index in [1.165, 1.54) is 30.0 Å². The summed E-state index contributed by atoms with van der Waals surface area (Å²) in [5.74, 6) is 1.96. The van der Waals surface area contributed by atoms with Gasteiger partial charge in [-0.3, -0.25) is 4.79 Å². The smallest absolute Gasteiger partial charge is 0.255 e. The fourth-order valence-corrected chi connectivity index (χ4v) is 4.81. The van der Waals surface area contributed by atoms with Gasteiger partial charge in [-0.1, -0.05) is 23.9 Å². The minimum Gasteiger partial charge on any atom is -0.497 e. The summed E-state index contributed by atoms with van der Waals surface area (Å²) in [4.78, 5) is 17.4. The van der Waals surface area contributed by atoms with Crippen LogP contribution in [0.25, 0.3) is 5.52 Å². The number of benzene rings is 3. The van der Waals surface area contributed by atoms with Gasteiger partial charge in [0.05, 0.1) is 25.6 Å². The number of ether oxygens (including phenoxy) is 2. The van der Waals surface area contributed by atoms with Crippen LogP contribution >= 0.6 is 11.8 Å². The molecule has 0 aliphatic carbocycles. The van der Waals surface area contributed by atoms with Crippen LogP contribution in [0, 0.1) is 5.82 Å². The number of thioether (sulfide) groups is 1. The van der Waals surface area contributed by atoms with Crippen LogP contribution in [0.1, 0.15) is 21.5 Å². The number of carbonyl (C=O) groups excluding carboxylic acids is 1. The summed E-state index contributed by atoms with van der Waals surface area (Å²) in [5.41, 5.74) is 9.59. The minimum atomic E-state index is -0.461. The van der Waals surface area contributed by atoms with Crippen molar-refractivity contribution in [3.63, 3.8) is 0 Å². The standard InChI is InChI=1S/C29H27FN6O3S/c1-38-22-11-9-20(26(15-22)39-2)16-32-27-25-4-3-13-36(25)35-29(34-27)40-17-18-5-7-19(8-6-18)28(37)33-24-12-10-21(30)14-23(24)31/h3-15H,16-17,31H2,1-2H3,(H,33,37)(H,32,34,35). The lowest BCUT2D eigenvalue weighted by Crippen LogP contribution is -2.13. The summed E-state index contributed by atoms with van der Waals surface area (Å²) in [6.45, 7) is 0.502. The van der Waals surface area contributed by atoms with E-state index >= 15 is 0 Å². The Morgan fingerprint density at radius 2 is 1.88 bits per heavy atom. The van der Waals surface area contributed by atoms with Crippen molar-refractivity contribution in [3.8, 4) is 11.5 Å². The Kier molecular flexibility index (Phi) is 8.02. The number of amides is 1. The largest absolute Gasteiger partial charge is 0.497 e. The van der Waals surface area contributed by atoms with Gasteiger partial charge in [0, 0.05) is 35.7 Å². The highest BCUT2D eigenvalue weighted by Crippen LogP contribution is 2.27. The Bertz CT molecular complexity index is 1660. The van der Waals surface area contributed by atoms with Crippen molar-refractivity contribution in [2.45, 2.75) is 17.5 Å². The van der Waals surface area contributed by atoms with Gasteiger partial charge in [0.2, 0.25) is 5.16 Å². The number of aromatic nitrogens is 3. The molecule has 2 aromatic heterocycles. The number of nitrogen functional groups attached to an aromatic ring is 1. The molecule has 5 aromatic rings. The number of fused-ring (bicyclic) bond motifs is 1. The summed E-state index contributed by atoms with van der Waals surface area (Å²) in [6, 6.07) is 20.6. The normalized spacial score (nSPS) is 10.9. The van der Waals surface area contributed by atoms with Crippen LogP contribution in [0.2, 0.25) is 0 Å². The molecule has 0 unspecified atom stereocenters. The third kappa shape index (κ3) is 6.10. The van der Waals surface area contributed by atoms with Crippen molar-refractivity contribution < 1.29 is 18.7 Å². The molecule has 5 rings (SSSR count). The van der Waals surface area contributed by atoms with Gasteiger partial charge in [0.1, 0.15) is 22.8 Å². The van der Waals surface area contributed by atoms with Crippen LogP contribution in [0.4, 0.5) is 21.6 Å². The molecule has 204 valence electrons. The first-order chi connectivity index (χ1) is 19.4. The van der Waals surface area contributed by atoms with Crippen LogP contribution in [0.3, 0.4) is 0 Å². The lowest BCUT2D eigenvalue weighted by atomic mass is 10.1. The third-order valence-corrected chi connectivity index (χ3v) is 7.07. The molecular formula is C29H27FN6O3S. The van der Waals surface area contributed by atoms with Gasteiger partial charge < -0.3 is 25.8 Å². The number of hydrogen-bond acceptors (Lipinski definition) is 8. The first-order valence-electron chi connectivity index (χ1n) is 12.3. The summed E-state index contributed by atoms with van der Waals surface area (Å²) >= 11 is 1.48. The molecule has 0 aliphatic heterocycles. The van der Waals surface area contributed by atoms with Gasteiger partial charge in [-0.2, -0.15) is 0 Å². The number of anilines is 3. The molecule has 0 saturated heterocycles. The monoisotopic (exact) mass is 558 g/mol. The zero-order valence-corrected chi connectivity index (χ0v) is 22.7. The van der Waals surface area contributed by atoms with Gasteiger partial charge in [-0.25, -0.2) is 13.9 Å². The second-order valence-electron chi connectivity index (χ2n) is 8.78. The lowest BCUT2D eigenvalue weighted by molar-refractivity contribution is 0.102. The molecule has 0 fully saturated rings. The maximum absolute atomic E-state index is 13.3. The first kappa shape index (κ1) is 26.8. The Hall–Kier alpha value is -4.77. The van der Waals surface area contributed by atoms with Gasteiger partial charge >= 0.3 is 0 Å². The van der Waals surface area contributed by atoms with E-state index in [0.29, 0.717) is 34.5 Å². The Morgan fingerprint density at radius 3 is 2.62 bits per heavy atom. The van der Waals surface area contributed by atoms with E-state index in [4.69, 9.17) is 20.2 Å². The van der Waals surface area contributed by atoms with Crippen LogP contribution in [0.15, 0.2) is 84.1 Å². The number of nitrogens with zero attached hydrogens (tertiary/aromatic N) is 3. The van der Waals surface area contributed by atoms with Crippen LogP contribution in [-0.2, 0) is 12.3 Å². The first-order valence-corrected chi connectivity index (χ1v) is 13.3. The van der Waals surface area contributed by atoms with Crippen molar-refractivity contribution in [2.24, 2.45) is 0 Å². The molecule has 4 N–H and O–H groups in total. The van der Waals surface area contributed by atoms with Crippen molar-refractivity contribution in [1.29, 1.82) is 0 Å². The molecule has 0 spiro atoms. The number of halogens is 1. The molecule has 2 heterocycles. The highest BCUT2D eigenvalue weighted by molar-refractivity contribution is 7.98. The molecule has 0 radical (unpaired) electrons. The lowest BCUT2D eigenvalue weighted by Gasteiger charge is -2.13. The maximum Gasteiger partial charge on any atom is 0.255 e. The molecule has 0 bridgehead atoms. The Balaban J connectivity index is 1.25. The molecule has 0 saturated carbocycles. The average molecular weight is 559 g/mol. The van der Waals surface area contributed by atoms with Crippen molar-refractivity contribution in [2.75, 3.05) is 30.6 Å². The predicted molar refractivity (Wildman–Crippen MR) is 155 cm³/mol. The fraction of sp³-hybridized carbons (Fsp3) is 0.138. The van der Waals surface area contributed by atoms with Crippen molar-refractivity contribution >= 4 is 40.4 Å². The van der Waals surface area contributed by atoms with Crippen LogP contribution < -0.4 is 25.8 Å². The van der Waals surface area contributed by atoms with Crippen molar-refractivity contribution in [1.82, 2.24) is 14.6 Å². The fourth-order valence-electron chi connectivity index (χ4n) is 4.02. The maximum atomic E-state index is 13.3. The van der Waals surface area contributed by atoms with E-state index in [1.54, 1.807) is 30.9 Å². The minimum absolute atomic E-state index is 0.165. The van der Waals surface area contributed by atoms with E-state index in [-0.39, 0.29) is 11.6 Å². The molecule has 11 heteroatoms. The van der Waals surface area contributed by atoms with E-state index < -0.39 is 5.82 Å². The highest BCUT2D eigenvalue weighted by Gasteiger charge is 2.12. The van der Waals surface area contributed by atoms with Gasteiger partial charge in [0.15, 0.2) is 5.82 Å². The second kappa shape index (κ2) is 12.0. The summed E-state index contributed by atoms with van der Waals surface area (Å²) in [6.07, 6.45) is 1.88. The number of hydrogen-bond donors (Lipinski definition) is 3. The predicted octanol–water partition coefficient (Wildman–Crippen LogP) is 5.62. The third-order valence-electron chi connectivity index (χ3n) is 6.16. The zero-order chi connectivity index (χ0) is 28.1. The van der Waals surface area contributed by atoms with E-state index in [1.807, 2.05) is 48.7 Å².